The van der Waals surface area contributed by atoms with E-state index in [1.54, 1.807) is 23.7 Å². The Hall–Kier alpha value is -1.88. The molecule has 1 fully saturated rings. The molecule has 0 N–H and O–H groups in total. The molecule has 2 atom stereocenters. The molecule has 0 aliphatic carbocycles. The van der Waals surface area contributed by atoms with Crippen molar-refractivity contribution < 1.29 is 4.39 Å². The highest BCUT2D eigenvalue weighted by molar-refractivity contribution is 7.10. The van der Waals surface area contributed by atoms with Crippen molar-refractivity contribution in [1.29, 1.82) is 5.26 Å². The predicted molar refractivity (Wildman–Crippen MR) is 91.1 cm³/mol. The Morgan fingerprint density at radius 1 is 1.46 bits per heavy atom. The van der Waals surface area contributed by atoms with Gasteiger partial charge in [0.2, 0.25) is 0 Å². The molecule has 0 saturated carbocycles. The second-order valence-corrected chi connectivity index (χ2v) is 7.27. The summed E-state index contributed by atoms with van der Waals surface area (Å²) in [6.07, 6.45) is 4.86. The molecule has 3 heterocycles. The minimum Gasteiger partial charge on any atom is -0.300 e. The van der Waals surface area contributed by atoms with E-state index in [1.165, 1.54) is 6.33 Å². The largest absolute Gasteiger partial charge is 0.300 e. The summed E-state index contributed by atoms with van der Waals surface area (Å²) < 4.78 is 13.9. The first kappa shape index (κ1) is 17.0. The Balaban J connectivity index is 1.58. The maximum Gasteiger partial charge on any atom is 0.115 e. The van der Waals surface area contributed by atoms with Crippen molar-refractivity contribution >= 4 is 11.3 Å². The third-order valence-electron chi connectivity index (χ3n) is 4.21. The molecule has 0 aromatic carbocycles. The van der Waals surface area contributed by atoms with Crippen LogP contribution in [0.5, 0.6) is 0 Å². The number of aromatic nitrogens is 2. The molecule has 126 valence electrons. The van der Waals surface area contributed by atoms with Crippen molar-refractivity contribution in [2.45, 2.75) is 31.7 Å². The predicted octanol–water partition coefficient (Wildman–Crippen LogP) is 2.45. The van der Waals surface area contributed by atoms with Gasteiger partial charge in [-0.3, -0.25) is 9.80 Å². The van der Waals surface area contributed by atoms with E-state index in [0.29, 0.717) is 25.1 Å². The third-order valence-corrected chi connectivity index (χ3v) is 5.13. The number of likely N-dealkylation sites (tertiary alicyclic amines) is 1. The van der Waals surface area contributed by atoms with Gasteiger partial charge in [0.1, 0.15) is 18.6 Å². The number of hydrogen-bond donors (Lipinski definition) is 0. The van der Waals surface area contributed by atoms with Gasteiger partial charge in [0.25, 0.3) is 0 Å². The quantitative estimate of drug-likeness (QED) is 0.805. The lowest BCUT2D eigenvalue weighted by Gasteiger charge is -2.28. The third kappa shape index (κ3) is 4.35. The highest BCUT2D eigenvalue weighted by Gasteiger charge is 2.32. The van der Waals surface area contributed by atoms with Crippen molar-refractivity contribution in [1.82, 2.24) is 19.8 Å². The molecular weight excluding hydrogens is 325 g/mol. The molecule has 0 radical (unpaired) electrons. The fraction of sp³-hybridized carbons (Fsp3) is 0.471. The smallest absolute Gasteiger partial charge is 0.115 e. The van der Waals surface area contributed by atoms with Gasteiger partial charge < -0.3 is 0 Å². The Morgan fingerprint density at radius 3 is 2.96 bits per heavy atom. The molecule has 0 amide bonds. The Morgan fingerprint density at radius 2 is 2.25 bits per heavy atom. The maximum absolute atomic E-state index is 13.9. The molecule has 7 heteroatoms. The molecule has 0 spiro atoms. The second-order valence-electron chi connectivity index (χ2n) is 6.27. The van der Waals surface area contributed by atoms with E-state index in [-0.39, 0.29) is 6.04 Å². The molecule has 1 aliphatic rings. The summed E-state index contributed by atoms with van der Waals surface area (Å²) in [5, 5.41) is 10.8. The molecule has 2 aromatic rings. The van der Waals surface area contributed by atoms with Crippen molar-refractivity contribution in [3.63, 3.8) is 0 Å². The van der Waals surface area contributed by atoms with Gasteiger partial charge in [-0.25, -0.2) is 14.4 Å². The first-order valence-electron chi connectivity index (χ1n) is 7.92. The monoisotopic (exact) mass is 345 g/mol. The zero-order valence-corrected chi connectivity index (χ0v) is 14.4. The number of alkyl halides is 1. The van der Waals surface area contributed by atoms with E-state index >= 15 is 0 Å². The first-order valence-corrected chi connectivity index (χ1v) is 8.80. The maximum atomic E-state index is 13.9. The topological polar surface area (TPSA) is 56.1 Å². The highest BCUT2D eigenvalue weighted by atomic mass is 32.1. The van der Waals surface area contributed by atoms with E-state index in [9.17, 15) is 4.39 Å². The first-order chi connectivity index (χ1) is 11.6. The summed E-state index contributed by atoms with van der Waals surface area (Å²) >= 11 is 1.60. The molecule has 24 heavy (non-hydrogen) atoms. The van der Waals surface area contributed by atoms with Crippen LogP contribution in [-0.2, 0) is 13.1 Å². The summed E-state index contributed by atoms with van der Waals surface area (Å²) in [7, 11) is 2.04. The van der Waals surface area contributed by atoms with E-state index in [2.05, 4.69) is 25.8 Å². The average Bonchev–Trinajstić information content (AvgIpc) is 3.15. The second kappa shape index (κ2) is 7.79. The Labute approximate surface area is 145 Å². The summed E-state index contributed by atoms with van der Waals surface area (Å²) in [6.45, 7) is 2.72. The molecule has 5 nitrogen and oxygen atoms in total. The minimum absolute atomic E-state index is 0.181. The van der Waals surface area contributed by atoms with Crippen LogP contribution in [0.2, 0.25) is 0 Å². The van der Waals surface area contributed by atoms with Crippen LogP contribution in [0, 0.1) is 11.3 Å². The van der Waals surface area contributed by atoms with Gasteiger partial charge in [-0.05, 0) is 19.5 Å². The van der Waals surface area contributed by atoms with Gasteiger partial charge in [-0.15, -0.1) is 11.3 Å². The van der Waals surface area contributed by atoms with Gasteiger partial charge in [0, 0.05) is 60.4 Å². The van der Waals surface area contributed by atoms with E-state index < -0.39 is 6.17 Å². The molecular formula is C17H20FN5S. The van der Waals surface area contributed by atoms with Crippen molar-refractivity contribution in [3.05, 3.63) is 46.2 Å². The lowest BCUT2D eigenvalue weighted by molar-refractivity contribution is 0.181. The number of hydrogen-bond acceptors (Lipinski definition) is 6. The van der Waals surface area contributed by atoms with Gasteiger partial charge in [0.15, 0.2) is 0 Å². The van der Waals surface area contributed by atoms with E-state index in [0.717, 1.165) is 23.5 Å². The summed E-state index contributed by atoms with van der Waals surface area (Å²) in [6, 6.07) is 4.26. The van der Waals surface area contributed by atoms with Crippen LogP contribution in [-0.4, -0.2) is 52.1 Å². The van der Waals surface area contributed by atoms with Gasteiger partial charge in [0.05, 0.1) is 5.56 Å². The highest BCUT2D eigenvalue weighted by Crippen LogP contribution is 2.24. The molecule has 3 rings (SSSR count). The number of nitrogens with zero attached hydrogens (tertiary/aromatic N) is 5. The zero-order valence-electron chi connectivity index (χ0n) is 13.6. The number of nitriles is 1. The number of halogens is 1. The zero-order chi connectivity index (χ0) is 16.9. The van der Waals surface area contributed by atoms with Crippen LogP contribution in [0.25, 0.3) is 0 Å². The van der Waals surface area contributed by atoms with Crippen molar-refractivity contribution in [2.75, 3.05) is 20.1 Å². The molecule has 0 bridgehead atoms. The van der Waals surface area contributed by atoms with Crippen LogP contribution < -0.4 is 0 Å². The number of likely N-dealkylation sites (N-methyl/N-ethyl adjacent to an activating group) is 1. The normalized spacial score (nSPS) is 21.2. The van der Waals surface area contributed by atoms with Crippen LogP contribution >= 0.6 is 11.3 Å². The lowest BCUT2D eigenvalue weighted by atomic mass is 10.2. The van der Waals surface area contributed by atoms with Gasteiger partial charge >= 0.3 is 0 Å². The summed E-state index contributed by atoms with van der Waals surface area (Å²) in [5.74, 6) is 0. The molecule has 2 aromatic heterocycles. The number of rotatable bonds is 6. The Kier molecular flexibility index (Phi) is 5.51. The number of thiophene rings is 1. The fourth-order valence-electron chi connectivity index (χ4n) is 3.16. The average molecular weight is 345 g/mol. The van der Waals surface area contributed by atoms with Crippen LogP contribution in [0.4, 0.5) is 4.39 Å². The minimum atomic E-state index is -0.778. The molecule has 1 aliphatic heterocycles. The fourth-order valence-corrected chi connectivity index (χ4v) is 4.05. The van der Waals surface area contributed by atoms with Crippen LogP contribution in [0.15, 0.2) is 30.2 Å². The van der Waals surface area contributed by atoms with E-state index in [4.69, 9.17) is 5.26 Å². The van der Waals surface area contributed by atoms with Crippen molar-refractivity contribution in [3.8, 4) is 6.07 Å². The van der Waals surface area contributed by atoms with Crippen molar-refractivity contribution in [2.24, 2.45) is 0 Å². The SMILES string of the molecule is CN(Cc1cc(C#N)cs1)C[C@@H]1C[C@H](F)CN1Cc1cncnc1. The van der Waals surface area contributed by atoms with Gasteiger partial charge in [-0.1, -0.05) is 0 Å². The summed E-state index contributed by atoms with van der Waals surface area (Å²) in [5.41, 5.74) is 1.72. The molecule has 1 saturated heterocycles. The van der Waals surface area contributed by atoms with Gasteiger partial charge in [-0.2, -0.15) is 5.26 Å². The van der Waals surface area contributed by atoms with Crippen LogP contribution in [0.3, 0.4) is 0 Å². The summed E-state index contributed by atoms with van der Waals surface area (Å²) in [4.78, 5) is 13.6. The lowest BCUT2D eigenvalue weighted by Crippen LogP contribution is -2.38. The molecule has 0 unspecified atom stereocenters. The van der Waals surface area contributed by atoms with Crippen LogP contribution in [0.1, 0.15) is 22.4 Å². The van der Waals surface area contributed by atoms with E-state index in [1.807, 2.05) is 18.5 Å². The standard InChI is InChI=1S/C17H20FN5S/c1-22(10-17-2-13(4-19)11-24-17)9-16-3-15(18)8-23(16)7-14-5-20-12-21-6-14/h2,5-6,11-12,15-16H,3,7-10H2,1H3/t15-,16-/m0/s1. The Bertz CT molecular complexity index is 699.